The number of likely N-dealkylation sites (N-methyl/N-ethyl adjacent to an activating group) is 1. The van der Waals surface area contributed by atoms with E-state index in [2.05, 4.69) is 46.2 Å². The van der Waals surface area contributed by atoms with Crippen LogP contribution in [0.1, 0.15) is 30.6 Å². The molecule has 3 heterocycles. The number of aromatic amines is 1. The number of nitrogens with one attached hydrogen (secondary N) is 1. The van der Waals surface area contributed by atoms with Gasteiger partial charge < -0.3 is 9.80 Å². The quantitative estimate of drug-likeness (QED) is 0.920. The predicted molar refractivity (Wildman–Crippen MR) is 83.5 cm³/mol. The van der Waals surface area contributed by atoms with E-state index in [0.29, 0.717) is 22.6 Å². The molecule has 2 aromatic heterocycles. The van der Waals surface area contributed by atoms with Crippen molar-refractivity contribution in [3.63, 3.8) is 0 Å². The standard InChI is InChI=1S/C15H22N6O/c1-10(2)8-11-9-20(3)6-7-21(11)15(22)12-4-5-16-14-13(12)17-19-18-14/h4-5,10-11H,6-9H2,1-3H3,(H,16,17,18,19). The highest BCUT2D eigenvalue weighted by Crippen LogP contribution is 2.21. The summed E-state index contributed by atoms with van der Waals surface area (Å²) in [5, 5.41) is 10.6. The van der Waals surface area contributed by atoms with Crippen LogP contribution in [-0.4, -0.2) is 68.8 Å². The molecule has 118 valence electrons. The van der Waals surface area contributed by atoms with Gasteiger partial charge in [0.1, 0.15) is 5.52 Å². The third-order valence-electron chi connectivity index (χ3n) is 4.14. The van der Waals surface area contributed by atoms with Crippen LogP contribution in [0.5, 0.6) is 0 Å². The van der Waals surface area contributed by atoms with Gasteiger partial charge in [-0.1, -0.05) is 13.8 Å². The van der Waals surface area contributed by atoms with E-state index in [1.54, 1.807) is 12.3 Å². The highest BCUT2D eigenvalue weighted by Gasteiger charge is 2.31. The number of nitrogens with zero attached hydrogens (tertiary/aromatic N) is 5. The Labute approximate surface area is 129 Å². The van der Waals surface area contributed by atoms with E-state index in [1.807, 2.05) is 4.90 Å². The summed E-state index contributed by atoms with van der Waals surface area (Å²) in [7, 11) is 2.11. The van der Waals surface area contributed by atoms with E-state index >= 15 is 0 Å². The van der Waals surface area contributed by atoms with Crippen molar-refractivity contribution < 1.29 is 4.79 Å². The average molecular weight is 302 g/mol. The van der Waals surface area contributed by atoms with Crippen molar-refractivity contribution in [2.75, 3.05) is 26.7 Å². The molecule has 0 bridgehead atoms. The van der Waals surface area contributed by atoms with Crippen molar-refractivity contribution in [3.8, 4) is 0 Å². The molecule has 3 rings (SSSR count). The second-order valence-electron chi connectivity index (χ2n) is 6.40. The summed E-state index contributed by atoms with van der Waals surface area (Å²) >= 11 is 0. The molecule has 0 aromatic carbocycles. The summed E-state index contributed by atoms with van der Waals surface area (Å²) in [4.78, 5) is 21.4. The van der Waals surface area contributed by atoms with Gasteiger partial charge in [0.15, 0.2) is 0 Å². The zero-order valence-corrected chi connectivity index (χ0v) is 13.3. The lowest BCUT2D eigenvalue weighted by Gasteiger charge is -2.41. The van der Waals surface area contributed by atoms with Gasteiger partial charge in [0, 0.05) is 31.9 Å². The number of carbonyl (C=O) groups is 1. The first-order valence-corrected chi connectivity index (χ1v) is 7.71. The lowest BCUT2D eigenvalue weighted by molar-refractivity contribution is 0.0462. The SMILES string of the molecule is CC(C)CC1CN(C)CCN1C(=O)c1ccnc2n[nH]nc12. The Hall–Kier alpha value is -2.02. The van der Waals surface area contributed by atoms with Crippen LogP contribution in [-0.2, 0) is 0 Å². The minimum absolute atomic E-state index is 0.0278. The first kappa shape index (κ1) is 14.9. The zero-order chi connectivity index (χ0) is 15.7. The summed E-state index contributed by atoms with van der Waals surface area (Å²) in [5.41, 5.74) is 1.62. The molecule has 1 atom stereocenters. The molecule has 0 radical (unpaired) electrons. The lowest BCUT2D eigenvalue weighted by atomic mass is 9.99. The number of hydrogen-bond donors (Lipinski definition) is 1. The Bertz CT molecular complexity index is 665. The van der Waals surface area contributed by atoms with Gasteiger partial charge in [-0.15, -0.1) is 5.10 Å². The fraction of sp³-hybridized carbons (Fsp3) is 0.600. The molecule has 22 heavy (non-hydrogen) atoms. The predicted octanol–water partition coefficient (Wildman–Crippen LogP) is 1.16. The number of piperazine rings is 1. The van der Waals surface area contributed by atoms with Crippen molar-refractivity contribution in [2.45, 2.75) is 26.3 Å². The van der Waals surface area contributed by atoms with Crippen LogP contribution in [0.25, 0.3) is 11.2 Å². The Morgan fingerprint density at radius 3 is 3.00 bits per heavy atom. The number of fused-ring (bicyclic) bond motifs is 1. The summed E-state index contributed by atoms with van der Waals surface area (Å²) in [6.45, 7) is 6.94. The molecule has 2 aromatic rings. The van der Waals surface area contributed by atoms with Crippen molar-refractivity contribution in [1.82, 2.24) is 30.2 Å². The van der Waals surface area contributed by atoms with Crippen molar-refractivity contribution in [3.05, 3.63) is 17.8 Å². The molecule has 7 heteroatoms. The number of pyridine rings is 1. The Morgan fingerprint density at radius 1 is 1.41 bits per heavy atom. The zero-order valence-electron chi connectivity index (χ0n) is 13.3. The summed E-state index contributed by atoms with van der Waals surface area (Å²) in [6, 6.07) is 1.97. The second kappa shape index (κ2) is 6.00. The first-order valence-electron chi connectivity index (χ1n) is 7.71. The molecular weight excluding hydrogens is 280 g/mol. The Morgan fingerprint density at radius 2 is 2.23 bits per heavy atom. The van der Waals surface area contributed by atoms with E-state index < -0.39 is 0 Å². The largest absolute Gasteiger partial charge is 0.333 e. The first-order chi connectivity index (χ1) is 10.6. The third kappa shape index (κ3) is 2.81. The van der Waals surface area contributed by atoms with E-state index in [1.165, 1.54) is 0 Å². The number of hydrogen-bond acceptors (Lipinski definition) is 5. The third-order valence-corrected chi connectivity index (χ3v) is 4.14. The highest BCUT2D eigenvalue weighted by molar-refractivity contribution is 6.03. The molecule has 1 saturated heterocycles. The molecule has 1 aliphatic heterocycles. The Balaban J connectivity index is 1.90. The minimum atomic E-state index is 0.0278. The minimum Gasteiger partial charge on any atom is -0.333 e. The average Bonchev–Trinajstić information content (AvgIpc) is 2.94. The van der Waals surface area contributed by atoms with Crippen LogP contribution < -0.4 is 0 Å². The van der Waals surface area contributed by atoms with Gasteiger partial charge in [-0.3, -0.25) is 4.79 Å². The molecule has 7 nitrogen and oxygen atoms in total. The highest BCUT2D eigenvalue weighted by atomic mass is 16.2. The normalized spacial score (nSPS) is 20.0. The van der Waals surface area contributed by atoms with Gasteiger partial charge >= 0.3 is 0 Å². The number of H-pyrrole nitrogens is 1. The maximum absolute atomic E-state index is 13.0. The number of rotatable bonds is 3. The van der Waals surface area contributed by atoms with Gasteiger partial charge in [-0.05, 0) is 25.5 Å². The second-order valence-corrected chi connectivity index (χ2v) is 6.40. The molecular formula is C15H22N6O. The van der Waals surface area contributed by atoms with Crippen LogP contribution in [0.2, 0.25) is 0 Å². The lowest BCUT2D eigenvalue weighted by Crippen LogP contribution is -2.54. The summed E-state index contributed by atoms with van der Waals surface area (Å²) in [6.07, 6.45) is 2.62. The van der Waals surface area contributed by atoms with Crippen LogP contribution in [0.3, 0.4) is 0 Å². The number of amides is 1. The van der Waals surface area contributed by atoms with E-state index in [0.717, 1.165) is 26.1 Å². The Kier molecular flexibility index (Phi) is 4.06. The number of carbonyl (C=O) groups excluding carboxylic acids is 1. The van der Waals surface area contributed by atoms with Gasteiger partial charge in [0.2, 0.25) is 5.65 Å². The molecule has 1 amide bonds. The maximum Gasteiger partial charge on any atom is 0.256 e. The number of aromatic nitrogens is 4. The topological polar surface area (TPSA) is 78.0 Å². The van der Waals surface area contributed by atoms with E-state index in [4.69, 9.17) is 0 Å². The maximum atomic E-state index is 13.0. The van der Waals surface area contributed by atoms with Crippen molar-refractivity contribution in [1.29, 1.82) is 0 Å². The molecule has 1 fully saturated rings. The molecule has 1 aliphatic rings. The van der Waals surface area contributed by atoms with Crippen LogP contribution >= 0.6 is 0 Å². The van der Waals surface area contributed by atoms with Crippen molar-refractivity contribution >= 4 is 17.1 Å². The van der Waals surface area contributed by atoms with Crippen LogP contribution in [0.4, 0.5) is 0 Å². The van der Waals surface area contributed by atoms with E-state index in [-0.39, 0.29) is 11.9 Å². The van der Waals surface area contributed by atoms with Gasteiger partial charge in [-0.2, -0.15) is 10.3 Å². The summed E-state index contributed by atoms with van der Waals surface area (Å²) < 4.78 is 0. The molecule has 0 saturated carbocycles. The van der Waals surface area contributed by atoms with Crippen LogP contribution in [0, 0.1) is 5.92 Å². The smallest absolute Gasteiger partial charge is 0.256 e. The fourth-order valence-electron chi connectivity index (χ4n) is 3.11. The van der Waals surface area contributed by atoms with Crippen LogP contribution in [0.15, 0.2) is 12.3 Å². The fourth-order valence-corrected chi connectivity index (χ4v) is 3.11. The molecule has 1 N–H and O–H groups in total. The van der Waals surface area contributed by atoms with Crippen molar-refractivity contribution in [2.24, 2.45) is 5.92 Å². The van der Waals surface area contributed by atoms with Gasteiger partial charge in [0.05, 0.1) is 5.56 Å². The molecule has 0 spiro atoms. The van der Waals surface area contributed by atoms with Gasteiger partial charge in [-0.25, -0.2) is 4.98 Å². The molecule has 1 unspecified atom stereocenters. The summed E-state index contributed by atoms with van der Waals surface area (Å²) in [5.74, 6) is 0.580. The van der Waals surface area contributed by atoms with E-state index in [9.17, 15) is 4.79 Å². The van der Waals surface area contributed by atoms with Gasteiger partial charge in [0.25, 0.3) is 5.91 Å². The monoisotopic (exact) mass is 302 g/mol. The molecule has 0 aliphatic carbocycles.